The second-order valence-corrected chi connectivity index (χ2v) is 7.65. The van der Waals surface area contributed by atoms with Crippen molar-refractivity contribution in [2.45, 2.75) is 24.9 Å². The van der Waals surface area contributed by atoms with Crippen LogP contribution in [0, 0.1) is 0 Å². The molecule has 0 saturated carbocycles. The molecule has 1 aromatic rings. The second kappa shape index (κ2) is 8.73. The van der Waals surface area contributed by atoms with Gasteiger partial charge in [-0.25, -0.2) is 0 Å². The molecular formula is C18H34N8. The van der Waals surface area contributed by atoms with Crippen LogP contribution in [0.5, 0.6) is 0 Å². The van der Waals surface area contributed by atoms with E-state index in [9.17, 15) is 0 Å². The smallest absolute Gasteiger partial charge is 0.191 e. The number of nitrogens with one attached hydrogen (secondary N) is 2. The Balaban J connectivity index is 1.49. The van der Waals surface area contributed by atoms with Gasteiger partial charge in [0.25, 0.3) is 0 Å². The Kier molecular flexibility index (Phi) is 6.37. The number of rotatable bonds is 4. The highest BCUT2D eigenvalue weighted by atomic mass is 15.3. The third kappa shape index (κ3) is 4.88. The van der Waals surface area contributed by atoms with Crippen LogP contribution < -0.4 is 15.5 Å². The van der Waals surface area contributed by atoms with Gasteiger partial charge in [0.05, 0.1) is 11.9 Å². The standard InChI is InChI=1S/C18H34N8/c1-19-18(20-10-16-13-23(2)8-9-24(16)3)22-15-6-5-7-26(12-15)17-11-21-25(4)14-17/h11,14-16H,5-10,12-13H2,1-4H3,(H2,19,20,22). The molecule has 3 rings (SSSR count). The first kappa shape index (κ1) is 19.0. The molecule has 2 unspecified atom stereocenters. The van der Waals surface area contributed by atoms with Gasteiger partial charge in [-0.05, 0) is 26.9 Å². The van der Waals surface area contributed by atoms with E-state index in [0.29, 0.717) is 12.1 Å². The number of likely N-dealkylation sites (N-methyl/N-ethyl adjacent to an activating group) is 2. The lowest BCUT2D eigenvalue weighted by Gasteiger charge is -2.38. The molecule has 0 amide bonds. The number of hydrogen-bond acceptors (Lipinski definition) is 5. The van der Waals surface area contributed by atoms with E-state index in [0.717, 1.165) is 45.2 Å². The van der Waals surface area contributed by atoms with Crippen LogP contribution in [0.4, 0.5) is 5.69 Å². The minimum atomic E-state index is 0.405. The zero-order valence-corrected chi connectivity index (χ0v) is 16.6. The quantitative estimate of drug-likeness (QED) is 0.571. The minimum absolute atomic E-state index is 0.405. The molecule has 0 aromatic carbocycles. The van der Waals surface area contributed by atoms with Crippen molar-refractivity contribution >= 4 is 11.6 Å². The summed E-state index contributed by atoms with van der Waals surface area (Å²) in [6.45, 7) is 6.36. The van der Waals surface area contributed by atoms with Crippen molar-refractivity contribution in [1.29, 1.82) is 0 Å². The van der Waals surface area contributed by atoms with Gasteiger partial charge in [0.15, 0.2) is 5.96 Å². The second-order valence-electron chi connectivity index (χ2n) is 7.65. The molecule has 2 N–H and O–H groups in total. The zero-order chi connectivity index (χ0) is 18.5. The Bertz CT molecular complexity index is 598. The Morgan fingerprint density at radius 1 is 1.23 bits per heavy atom. The van der Waals surface area contributed by atoms with Crippen molar-refractivity contribution in [1.82, 2.24) is 30.2 Å². The first-order valence-electron chi connectivity index (χ1n) is 9.64. The van der Waals surface area contributed by atoms with Crippen LogP contribution in [0.1, 0.15) is 12.8 Å². The molecule has 146 valence electrons. The van der Waals surface area contributed by atoms with E-state index in [-0.39, 0.29) is 0 Å². The van der Waals surface area contributed by atoms with Gasteiger partial charge in [-0.15, -0.1) is 0 Å². The van der Waals surface area contributed by atoms with Crippen LogP contribution in [0.3, 0.4) is 0 Å². The van der Waals surface area contributed by atoms with Crippen LogP contribution >= 0.6 is 0 Å². The fourth-order valence-electron chi connectivity index (χ4n) is 3.83. The number of anilines is 1. The van der Waals surface area contributed by atoms with Gasteiger partial charge in [0, 0.05) is 71.6 Å². The van der Waals surface area contributed by atoms with Crippen LogP contribution in [0.2, 0.25) is 0 Å². The van der Waals surface area contributed by atoms with E-state index in [4.69, 9.17) is 0 Å². The van der Waals surface area contributed by atoms with Crippen LogP contribution in [0.25, 0.3) is 0 Å². The average molecular weight is 363 g/mol. The van der Waals surface area contributed by atoms with Crippen molar-refractivity contribution in [2.24, 2.45) is 12.0 Å². The third-order valence-corrected chi connectivity index (χ3v) is 5.53. The molecule has 2 fully saturated rings. The molecule has 26 heavy (non-hydrogen) atoms. The topological polar surface area (TPSA) is 64.0 Å². The zero-order valence-electron chi connectivity index (χ0n) is 16.6. The van der Waals surface area contributed by atoms with E-state index < -0.39 is 0 Å². The highest BCUT2D eigenvalue weighted by molar-refractivity contribution is 5.80. The Labute approximate surface area is 157 Å². The SMILES string of the molecule is CN=C(NCC1CN(C)CCN1C)NC1CCCN(c2cnn(C)c2)C1. The van der Waals surface area contributed by atoms with Gasteiger partial charge in [-0.1, -0.05) is 0 Å². The summed E-state index contributed by atoms with van der Waals surface area (Å²) in [4.78, 5) is 11.7. The highest BCUT2D eigenvalue weighted by Gasteiger charge is 2.24. The first-order chi connectivity index (χ1) is 12.5. The number of piperazine rings is 1. The minimum Gasteiger partial charge on any atom is -0.367 e. The van der Waals surface area contributed by atoms with Crippen LogP contribution in [0.15, 0.2) is 17.4 Å². The normalized spacial score (nSPS) is 26.2. The maximum absolute atomic E-state index is 4.44. The lowest BCUT2D eigenvalue weighted by molar-refractivity contribution is 0.116. The monoisotopic (exact) mass is 362 g/mol. The lowest BCUT2D eigenvalue weighted by Crippen LogP contribution is -2.57. The van der Waals surface area contributed by atoms with Gasteiger partial charge in [-0.2, -0.15) is 5.10 Å². The first-order valence-corrected chi connectivity index (χ1v) is 9.64. The van der Waals surface area contributed by atoms with Gasteiger partial charge in [0.2, 0.25) is 0 Å². The van der Waals surface area contributed by atoms with E-state index in [1.54, 1.807) is 0 Å². The van der Waals surface area contributed by atoms with Crippen LogP contribution in [-0.2, 0) is 7.05 Å². The number of guanidine groups is 1. The number of aryl methyl sites for hydroxylation is 1. The molecule has 0 bridgehead atoms. The summed E-state index contributed by atoms with van der Waals surface area (Å²) in [5.74, 6) is 0.907. The molecule has 2 atom stereocenters. The maximum atomic E-state index is 4.44. The predicted molar refractivity (Wildman–Crippen MR) is 107 cm³/mol. The molecule has 8 nitrogen and oxygen atoms in total. The molecule has 1 aromatic heterocycles. The van der Waals surface area contributed by atoms with Gasteiger partial charge >= 0.3 is 0 Å². The molecular weight excluding hydrogens is 328 g/mol. The van der Waals surface area contributed by atoms with E-state index >= 15 is 0 Å². The molecule has 0 aliphatic carbocycles. The van der Waals surface area contributed by atoms with Crippen molar-refractivity contribution < 1.29 is 0 Å². The van der Waals surface area contributed by atoms with Crippen LogP contribution in [-0.4, -0.2) is 98.0 Å². The van der Waals surface area contributed by atoms with Crippen molar-refractivity contribution in [2.75, 3.05) is 65.3 Å². The third-order valence-electron chi connectivity index (χ3n) is 5.53. The fraction of sp³-hybridized carbons (Fsp3) is 0.778. The van der Waals surface area contributed by atoms with Gasteiger partial charge < -0.3 is 20.4 Å². The maximum Gasteiger partial charge on any atom is 0.191 e. The number of aliphatic imine (C=N–C) groups is 1. The summed E-state index contributed by atoms with van der Waals surface area (Å²) in [5.41, 5.74) is 1.20. The predicted octanol–water partition coefficient (Wildman–Crippen LogP) is -0.200. The molecule has 2 saturated heterocycles. The summed E-state index contributed by atoms with van der Waals surface area (Å²) in [6, 6.07) is 0.924. The van der Waals surface area contributed by atoms with Crippen molar-refractivity contribution in [3.8, 4) is 0 Å². The summed E-state index contributed by atoms with van der Waals surface area (Å²) in [6.07, 6.45) is 6.39. The molecule has 8 heteroatoms. The molecule has 3 heterocycles. The van der Waals surface area contributed by atoms with E-state index in [1.807, 2.05) is 25.0 Å². The number of aromatic nitrogens is 2. The van der Waals surface area contributed by atoms with E-state index in [1.165, 1.54) is 18.5 Å². The number of piperidine rings is 1. The highest BCUT2D eigenvalue weighted by Crippen LogP contribution is 2.18. The fourth-order valence-corrected chi connectivity index (χ4v) is 3.83. The van der Waals surface area contributed by atoms with Gasteiger partial charge in [-0.3, -0.25) is 14.6 Å². The van der Waals surface area contributed by atoms with Crippen molar-refractivity contribution in [3.05, 3.63) is 12.4 Å². The largest absolute Gasteiger partial charge is 0.367 e. The average Bonchev–Trinajstić information content (AvgIpc) is 3.08. The Hall–Kier alpha value is -1.80. The van der Waals surface area contributed by atoms with Crippen molar-refractivity contribution in [3.63, 3.8) is 0 Å². The summed E-state index contributed by atoms with van der Waals surface area (Å²) < 4.78 is 1.87. The van der Waals surface area contributed by atoms with E-state index in [2.05, 4.69) is 55.7 Å². The molecule has 0 radical (unpaired) electrons. The Morgan fingerprint density at radius 3 is 2.81 bits per heavy atom. The summed E-state index contributed by atoms with van der Waals surface area (Å²) >= 11 is 0. The number of nitrogens with zero attached hydrogens (tertiary/aromatic N) is 6. The summed E-state index contributed by atoms with van der Waals surface area (Å²) in [5, 5.41) is 11.4. The summed E-state index contributed by atoms with van der Waals surface area (Å²) in [7, 11) is 8.23. The molecule has 0 spiro atoms. The molecule has 2 aliphatic heterocycles. The molecule has 2 aliphatic rings. The number of hydrogen-bond donors (Lipinski definition) is 2. The Morgan fingerprint density at radius 2 is 2.08 bits per heavy atom. The van der Waals surface area contributed by atoms with Gasteiger partial charge in [0.1, 0.15) is 0 Å². The lowest BCUT2D eigenvalue weighted by atomic mass is 10.1.